The topological polar surface area (TPSA) is 183 Å². The number of carbonyl (C=O) groups is 2. The predicted octanol–water partition coefficient (Wildman–Crippen LogP) is 17.4. The maximum Gasteiger partial charge on any atom is 0.258 e. The second-order valence-electron chi connectivity index (χ2n) is 18.5. The Morgan fingerprint density at radius 2 is 0.798 bits per heavy atom. The summed E-state index contributed by atoms with van der Waals surface area (Å²) in [5.74, 6) is 0.707. The number of hydrogen-bond donors (Lipinski definition) is 3. The van der Waals surface area contributed by atoms with Gasteiger partial charge in [0.05, 0.1) is 22.1 Å². The number of benzene rings is 8. The Labute approximate surface area is 525 Å². The Kier molecular flexibility index (Phi) is 25.2. The van der Waals surface area contributed by atoms with Crippen molar-refractivity contribution >= 4 is 51.4 Å². The molecule has 1 amide bonds. The summed E-state index contributed by atoms with van der Waals surface area (Å²) in [4.78, 5) is 58.5. The molecule has 0 atom stereocenters. The number of nitrogens with two attached hydrogens (primary N) is 2. The van der Waals surface area contributed by atoms with Crippen molar-refractivity contribution < 1.29 is 33.6 Å². The van der Waals surface area contributed by atoms with E-state index in [4.69, 9.17) is 33.9 Å². The van der Waals surface area contributed by atoms with Gasteiger partial charge in [-0.15, -0.1) is 0 Å². The van der Waals surface area contributed by atoms with E-state index in [-0.39, 0.29) is 60.1 Å². The number of amides is 1. The van der Waals surface area contributed by atoms with Crippen molar-refractivity contribution in [1.29, 1.82) is 0 Å². The van der Waals surface area contributed by atoms with Crippen LogP contribution >= 0.6 is 23.2 Å². The van der Waals surface area contributed by atoms with Gasteiger partial charge in [-0.2, -0.15) is 0 Å². The number of nitrogens with zero attached hydrogens (tertiary/aromatic N) is 3. The van der Waals surface area contributed by atoms with Crippen LogP contribution in [0.4, 0.5) is 30.2 Å². The van der Waals surface area contributed by atoms with Gasteiger partial charge in [0.25, 0.3) is 16.7 Å². The fourth-order valence-corrected chi connectivity index (χ4v) is 8.62. The molecule has 0 saturated heterocycles. The van der Waals surface area contributed by atoms with Gasteiger partial charge in [0.15, 0.2) is 0 Å². The minimum atomic E-state index is -0.361. The summed E-state index contributed by atoms with van der Waals surface area (Å²) < 4.78 is 62.5. The fourth-order valence-electron chi connectivity index (χ4n) is 8.37. The van der Waals surface area contributed by atoms with Gasteiger partial charge in [0.1, 0.15) is 40.4 Å². The zero-order chi connectivity index (χ0) is 63.3. The number of nitrogens with one attached hydrogen (secondary N) is 1. The SMILES string of the molecule is C.C.CC(=O)Cl.CC(=O)Nc1cccc(-n2cc(-c3ccc(F)cc3)c(Oc3ccccc3)cc2=O)c1.Nc1cccc(-n2cc(-c3ccc(F)cc3)c(Cl)cc2=O)c1.Nc1cccc(-n2cc(-c3ccc(F)cc3)c(Oc3ccccc3)cc2=O)c1.[2H]CC. The lowest BCUT2D eigenvalue weighted by Gasteiger charge is -2.15. The van der Waals surface area contributed by atoms with E-state index < -0.39 is 0 Å². The van der Waals surface area contributed by atoms with Crippen molar-refractivity contribution in [2.75, 3.05) is 16.8 Å². The first-order valence-corrected chi connectivity index (χ1v) is 27.3. The van der Waals surface area contributed by atoms with Gasteiger partial charge >= 0.3 is 0 Å². The molecule has 0 aliphatic heterocycles. The highest BCUT2D eigenvalue weighted by atomic mass is 35.5. The van der Waals surface area contributed by atoms with Crippen LogP contribution < -0.4 is 42.9 Å². The van der Waals surface area contributed by atoms with Crippen LogP contribution in [-0.4, -0.2) is 24.9 Å². The molecule has 3 aromatic heterocycles. The molecule has 0 spiro atoms. The minimum Gasteiger partial charge on any atom is -0.456 e. The van der Waals surface area contributed by atoms with Crippen molar-refractivity contribution in [3.05, 3.63) is 297 Å². The molecule has 11 rings (SSSR count). The molecule has 13 nitrogen and oxygen atoms in total. The third-order valence-electron chi connectivity index (χ3n) is 12.2. The van der Waals surface area contributed by atoms with E-state index in [1.54, 1.807) is 159 Å². The van der Waals surface area contributed by atoms with Crippen molar-refractivity contribution in [2.24, 2.45) is 0 Å². The Morgan fingerprint density at radius 3 is 1.16 bits per heavy atom. The van der Waals surface area contributed by atoms with E-state index in [1.165, 1.54) is 82.1 Å². The van der Waals surface area contributed by atoms with E-state index in [0.29, 0.717) is 91.3 Å². The molecule has 18 heteroatoms. The summed E-state index contributed by atoms with van der Waals surface area (Å²) in [5.41, 5.74) is 18.4. The van der Waals surface area contributed by atoms with Crippen molar-refractivity contribution in [2.45, 2.75) is 42.5 Å². The van der Waals surface area contributed by atoms with E-state index in [0.717, 1.165) is 11.1 Å². The number of rotatable bonds is 11. The Morgan fingerprint density at radius 1 is 0.472 bits per heavy atom. The highest BCUT2D eigenvalue weighted by Gasteiger charge is 2.16. The van der Waals surface area contributed by atoms with Gasteiger partial charge in [0, 0.05) is 85.8 Å². The Bertz CT molecular complexity index is 4340. The molecule has 3 heterocycles. The quantitative estimate of drug-likeness (QED) is 0.0838. The van der Waals surface area contributed by atoms with Gasteiger partial charge in [0.2, 0.25) is 11.1 Å². The monoisotopic (exact) mass is 1240 g/mol. The molecule has 8 aromatic carbocycles. The number of ether oxygens (including phenoxy) is 2. The standard InChI is InChI=1S/C25H19FN2O3.C23H17FN2O2.C17H12ClFN2O.C2H3ClO.C2H6.2CH4/c1-17(29)27-20-6-5-7-21(14-20)28-16-23(18-10-12-19(26)13-11-18)24(15-25(28)30)31-22-8-3-2-4-9-22;24-17-11-9-16(10-12-17)21-15-26(19-6-4-5-18(25)13-19)23(27)14-22(21)28-20-7-2-1-3-8-20;18-16-9-17(22)21(14-3-1-2-13(20)8-14)10-15(16)11-4-6-12(19)7-5-11;1-2(3)4;1-2;;/h2-16H,1H3,(H,27,29);1-15H,25H2;1-10H,20H2;1H3;1-2H3;2*1H4/i;;;;1D;;. The first kappa shape index (κ1) is 67.4. The second-order valence-corrected chi connectivity index (χ2v) is 19.4. The number of halogens is 5. The normalized spacial score (nSPS) is 10.1. The number of pyridine rings is 3. The lowest BCUT2D eigenvalue weighted by Crippen LogP contribution is -2.18. The molecular formula is C71H65Cl2F3N6O7. The van der Waals surface area contributed by atoms with Crippen LogP contribution in [0, 0.1) is 17.5 Å². The smallest absolute Gasteiger partial charge is 0.258 e. The Balaban J connectivity index is 0.000000233. The van der Waals surface area contributed by atoms with Gasteiger partial charge in [-0.1, -0.05) is 131 Å². The molecule has 11 aromatic rings. The molecule has 0 fully saturated rings. The average molecular weight is 1240 g/mol. The third-order valence-corrected chi connectivity index (χ3v) is 12.5. The number of hydrogen-bond acceptors (Lipinski definition) is 9. The van der Waals surface area contributed by atoms with Crippen LogP contribution in [0.3, 0.4) is 0 Å². The predicted molar refractivity (Wildman–Crippen MR) is 355 cm³/mol. The summed E-state index contributed by atoms with van der Waals surface area (Å²) in [6, 6.07) is 61.4. The van der Waals surface area contributed by atoms with Crippen LogP contribution in [0.25, 0.3) is 50.4 Å². The van der Waals surface area contributed by atoms with Crippen LogP contribution in [0.2, 0.25) is 5.02 Å². The molecular weight excluding hydrogens is 1180 g/mol. The molecule has 89 heavy (non-hydrogen) atoms. The van der Waals surface area contributed by atoms with Crippen molar-refractivity contribution in [1.82, 2.24) is 13.7 Å². The minimum absolute atomic E-state index is 0. The van der Waals surface area contributed by atoms with Gasteiger partial charge in [-0.05, 0) is 144 Å². The summed E-state index contributed by atoms with van der Waals surface area (Å²) >= 11 is 10.8. The third kappa shape index (κ3) is 19.7. The number of para-hydroxylation sites is 2. The molecule has 0 unspecified atom stereocenters. The summed E-state index contributed by atoms with van der Waals surface area (Å²) in [5, 5.41) is 2.67. The van der Waals surface area contributed by atoms with E-state index >= 15 is 0 Å². The van der Waals surface area contributed by atoms with Crippen LogP contribution in [-0.2, 0) is 9.59 Å². The molecule has 0 aliphatic carbocycles. The lowest BCUT2D eigenvalue weighted by molar-refractivity contribution is -0.114. The van der Waals surface area contributed by atoms with Crippen molar-refractivity contribution in [3.63, 3.8) is 0 Å². The zero-order valence-corrected chi connectivity index (χ0v) is 48.6. The first-order chi connectivity index (χ1) is 42.3. The summed E-state index contributed by atoms with van der Waals surface area (Å²) in [6.07, 6.45) is 4.97. The number of nitrogen functional groups attached to an aromatic ring is 2. The van der Waals surface area contributed by atoms with Crippen LogP contribution in [0.1, 0.15) is 43.9 Å². The zero-order valence-electron chi connectivity index (χ0n) is 48.0. The highest BCUT2D eigenvalue weighted by Crippen LogP contribution is 2.35. The van der Waals surface area contributed by atoms with E-state index in [2.05, 4.69) is 16.9 Å². The largest absolute Gasteiger partial charge is 0.456 e. The molecule has 456 valence electrons. The highest BCUT2D eigenvalue weighted by molar-refractivity contribution is 6.62. The Hall–Kier alpha value is -10.7. The second kappa shape index (κ2) is 33.3. The maximum atomic E-state index is 13.5. The molecule has 0 saturated carbocycles. The van der Waals surface area contributed by atoms with Gasteiger partial charge in [-0.3, -0.25) is 37.7 Å². The fraction of sp³-hybridized carbons (Fsp3) is 0.0845. The molecule has 0 aliphatic rings. The number of carbonyl (C=O) groups excluding carboxylic acids is 2. The summed E-state index contributed by atoms with van der Waals surface area (Å²) in [6.45, 7) is 5.00. The van der Waals surface area contributed by atoms with E-state index in [1.807, 2.05) is 36.4 Å². The van der Waals surface area contributed by atoms with Gasteiger partial charge in [-0.25, -0.2) is 13.2 Å². The first-order valence-electron chi connectivity index (χ1n) is 27.2. The lowest BCUT2D eigenvalue weighted by atomic mass is 10.1. The van der Waals surface area contributed by atoms with Crippen LogP contribution in [0.15, 0.2) is 257 Å². The van der Waals surface area contributed by atoms with Crippen LogP contribution in [0.5, 0.6) is 23.0 Å². The molecule has 0 bridgehead atoms. The van der Waals surface area contributed by atoms with Gasteiger partial charge < -0.3 is 26.3 Å². The van der Waals surface area contributed by atoms with Crippen molar-refractivity contribution in [3.8, 4) is 73.4 Å². The average Bonchev–Trinajstić information content (AvgIpc) is 1.01. The van der Waals surface area contributed by atoms with E-state index in [9.17, 15) is 37.1 Å². The molecule has 0 radical (unpaired) electrons. The maximum absolute atomic E-state index is 13.5. The number of aromatic nitrogens is 3. The number of anilines is 3. The molecule has 5 N–H and O–H groups in total. The summed E-state index contributed by atoms with van der Waals surface area (Å²) in [7, 11) is 0.